The van der Waals surface area contributed by atoms with Crippen LogP contribution in [-0.2, 0) is 4.79 Å². The lowest BCUT2D eigenvalue weighted by Crippen LogP contribution is -2.30. The molecule has 1 atom stereocenters. The third-order valence-electron chi connectivity index (χ3n) is 1.20. The first-order valence-electron chi connectivity index (χ1n) is 3.43. The van der Waals surface area contributed by atoms with Crippen molar-refractivity contribution in [2.45, 2.75) is 26.3 Å². The molecule has 0 saturated carbocycles. The van der Waals surface area contributed by atoms with Crippen LogP contribution in [0.4, 0.5) is 0 Å². The van der Waals surface area contributed by atoms with Crippen molar-refractivity contribution in [2.75, 3.05) is 12.0 Å². The smallest absolute Gasteiger partial charge is 0.217 e. The van der Waals surface area contributed by atoms with E-state index in [9.17, 15) is 4.79 Å². The SMILES string of the molecule is CSCC[C@H](C)NC(C)=O. The first kappa shape index (κ1) is 9.82. The van der Waals surface area contributed by atoms with Crippen molar-refractivity contribution in [3.63, 3.8) is 0 Å². The minimum Gasteiger partial charge on any atom is -0.354 e. The summed E-state index contributed by atoms with van der Waals surface area (Å²) in [6.45, 7) is 3.58. The lowest BCUT2D eigenvalue weighted by Gasteiger charge is -2.10. The van der Waals surface area contributed by atoms with Gasteiger partial charge in [0.25, 0.3) is 0 Å². The van der Waals surface area contributed by atoms with Gasteiger partial charge in [0.05, 0.1) is 0 Å². The van der Waals surface area contributed by atoms with E-state index in [-0.39, 0.29) is 5.91 Å². The van der Waals surface area contributed by atoms with Crippen LogP contribution in [0.3, 0.4) is 0 Å². The molecule has 0 aromatic rings. The molecule has 60 valence electrons. The zero-order valence-electron chi connectivity index (χ0n) is 6.81. The molecule has 1 N–H and O–H groups in total. The maximum atomic E-state index is 10.5. The van der Waals surface area contributed by atoms with Crippen LogP contribution in [0, 0.1) is 0 Å². The minimum absolute atomic E-state index is 0.0635. The summed E-state index contributed by atoms with van der Waals surface area (Å²) in [5.41, 5.74) is 0. The Hall–Kier alpha value is -0.180. The van der Waals surface area contributed by atoms with Gasteiger partial charge in [0.2, 0.25) is 5.91 Å². The van der Waals surface area contributed by atoms with E-state index in [1.54, 1.807) is 18.7 Å². The molecule has 0 unspecified atom stereocenters. The largest absolute Gasteiger partial charge is 0.354 e. The molecule has 0 fully saturated rings. The Balaban J connectivity index is 3.25. The van der Waals surface area contributed by atoms with Gasteiger partial charge in [-0.05, 0) is 25.4 Å². The molecular weight excluding hydrogens is 146 g/mol. The van der Waals surface area contributed by atoms with Gasteiger partial charge in [-0.3, -0.25) is 4.79 Å². The zero-order valence-corrected chi connectivity index (χ0v) is 7.62. The topological polar surface area (TPSA) is 29.1 Å². The van der Waals surface area contributed by atoms with E-state index in [0.717, 1.165) is 12.2 Å². The quantitative estimate of drug-likeness (QED) is 0.672. The monoisotopic (exact) mass is 161 g/mol. The lowest BCUT2D eigenvalue weighted by molar-refractivity contribution is -0.119. The Bertz CT molecular complexity index is 106. The highest BCUT2D eigenvalue weighted by Gasteiger charge is 2.00. The Kier molecular flexibility index (Phi) is 5.49. The van der Waals surface area contributed by atoms with E-state index in [4.69, 9.17) is 0 Å². The van der Waals surface area contributed by atoms with Crippen LogP contribution in [0.15, 0.2) is 0 Å². The van der Waals surface area contributed by atoms with E-state index in [1.807, 2.05) is 6.92 Å². The third-order valence-corrected chi connectivity index (χ3v) is 1.85. The number of nitrogens with one attached hydrogen (secondary N) is 1. The molecule has 0 aliphatic heterocycles. The molecule has 2 nitrogen and oxygen atoms in total. The van der Waals surface area contributed by atoms with Crippen LogP contribution < -0.4 is 5.32 Å². The predicted molar refractivity (Wildman–Crippen MR) is 46.3 cm³/mol. The molecule has 0 saturated heterocycles. The molecule has 0 spiro atoms. The molecule has 0 radical (unpaired) electrons. The molecule has 10 heavy (non-hydrogen) atoms. The van der Waals surface area contributed by atoms with Gasteiger partial charge in [0.1, 0.15) is 0 Å². The van der Waals surface area contributed by atoms with Crippen molar-refractivity contribution in [3.05, 3.63) is 0 Å². The van der Waals surface area contributed by atoms with Crippen molar-refractivity contribution < 1.29 is 4.79 Å². The van der Waals surface area contributed by atoms with Crippen LogP contribution in [-0.4, -0.2) is 24.0 Å². The summed E-state index contributed by atoms with van der Waals surface area (Å²) in [5, 5.41) is 2.83. The summed E-state index contributed by atoms with van der Waals surface area (Å²) in [6.07, 6.45) is 3.13. The first-order chi connectivity index (χ1) is 4.66. The highest BCUT2D eigenvalue weighted by atomic mass is 32.2. The number of thioether (sulfide) groups is 1. The molecular formula is C7H15NOS. The van der Waals surface area contributed by atoms with Crippen molar-refractivity contribution in [2.24, 2.45) is 0 Å². The minimum atomic E-state index is 0.0635. The Labute approximate surface area is 66.8 Å². The number of hydrogen-bond acceptors (Lipinski definition) is 2. The molecule has 3 heteroatoms. The summed E-state index contributed by atoms with van der Waals surface area (Å²) in [6, 6.07) is 0.324. The Morgan fingerprint density at radius 3 is 2.70 bits per heavy atom. The van der Waals surface area contributed by atoms with Crippen molar-refractivity contribution in [1.82, 2.24) is 5.32 Å². The van der Waals surface area contributed by atoms with Gasteiger partial charge >= 0.3 is 0 Å². The summed E-state index contributed by atoms with van der Waals surface area (Å²) in [7, 11) is 0. The fourth-order valence-corrected chi connectivity index (χ4v) is 1.30. The zero-order chi connectivity index (χ0) is 7.98. The number of hydrogen-bond donors (Lipinski definition) is 1. The summed E-state index contributed by atoms with van der Waals surface area (Å²) in [5.74, 6) is 1.18. The number of carbonyl (C=O) groups is 1. The summed E-state index contributed by atoms with van der Waals surface area (Å²) < 4.78 is 0. The molecule has 0 aliphatic rings. The molecule has 0 bridgehead atoms. The van der Waals surface area contributed by atoms with Crippen LogP contribution in [0.2, 0.25) is 0 Å². The van der Waals surface area contributed by atoms with Crippen LogP contribution in [0.25, 0.3) is 0 Å². The molecule has 0 aliphatic carbocycles. The van der Waals surface area contributed by atoms with E-state index in [2.05, 4.69) is 11.6 Å². The van der Waals surface area contributed by atoms with Crippen molar-refractivity contribution >= 4 is 17.7 Å². The second-order valence-corrected chi connectivity index (χ2v) is 3.37. The second-order valence-electron chi connectivity index (χ2n) is 2.38. The average molecular weight is 161 g/mol. The summed E-state index contributed by atoms with van der Waals surface area (Å²) >= 11 is 1.81. The Morgan fingerprint density at radius 2 is 2.30 bits per heavy atom. The maximum absolute atomic E-state index is 10.5. The number of rotatable bonds is 4. The normalized spacial score (nSPS) is 12.7. The summed E-state index contributed by atoms with van der Waals surface area (Å²) in [4.78, 5) is 10.5. The maximum Gasteiger partial charge on any atom is 0.217 e. The number of amides is 1. The number of carbonyl (C=O) groups excluding carboxylic acids is 1. The van der Waals surface area contributed by atoms with Gasteiger partial charge in [0.15, 0.2) is 0 Å². The van der Waals surface area contributed by atoms with Crippen LogP contribution >= 0.6 is 11.8 Å². The van der Waals surface area contributed by atoms with Crippen molar-refractivity contribution in [3.8, 4) is 0 Å². The molecule has 0 aromatic carbocycles. The predicted octanol–water partition coefficient (Wildman–Crippen LogP) is 1.26. The highest BCUT2D eigenvalue weighted by molar-refractivity contribution is 7.98. The molecule has 0 heterocycles. The van der Waals surface area contributed by atoms with Gasteiger partial charge in [0, 0.05) is 13.0 Å². The van der Waals surface area contributed by atoms with Gasteiger partial charge in [-0.25, -0.2) is 0 Å². The molecule has 1 amide bonds. The van der Waals surface area contributed by atoms with Gasteiger partial charge in [-0.1, -0.05) is 0 Å². The van der Waals surface area contributed by atoms with E-state index < -0.39 is 0 Å². The fraction of sp³-hybridized carbons (Fsp3) is 0.857. The molecule has 0 aromatic heterocycles. The van der Waals surface area contributed by atoms with Crippen LogP contribution in [0.5, 0.6) is 0 Å². The van der Waals surface area contributed by atoms with E-state index >= 15 is 0 Å². The van der Waals surface area contributed by atoms with Gasteiger partial charge < -0.3 is 5.32 Å². The lowest BCUT2D eigenvalue weighted by atomic mass is 10.2. The van der Waals surface area contributed by atoms with Crippen molar-refractivity contribution in [1.29, 1.82) is 0 Å². The second kappa shape index (κ2) is 5.59. The van der Waals surface area contributed by atoms with Gasteiger partial charge in [-0.2, -0.15) is 11.8 Å². The van der Waals surface area contributed by atoms with E-state index in [0.29, 0.717) is 6.04 Å². The first-order valence-corrected chi connectivity index (χ1v) is 4.82. The fourth-order valence-electron chi connectivity index (χ4n) is 0.714. The van der Waals surface area contributed by atoms with E-state index in [1.165, 1.54) is 0 Å². The standard InChI is InChI=1S/C7H15NOS/c1-6(4-5-10-3)8-7(2)9/h6H,4-5H2,1-3H3,(H,8,9)/t6-/m0/s1. The molecule has 0 rings (SSSR count). The highest BCUT2D eigenvalue weighted by Crippen LogP contribution is 1.98. The third kappa shape index (κ3) is 5.95. The Morgan fingerprint density at radius 1 is 1.70 bits per heavy atom. The average Bonchev–Trinajstić information content (AvgIpc) is 1.82. The van der Waals surface area contributed by atoms with Gasteiger partial charge in [-0.15, -0.1) is 0 Å². The van der Waals surface area contributed by atoms with Crippen LogP contribution in [0.1, 0.15) is 20.3 Å².